The number of fused-ring (bicyclic) bond motifs is 4. The van der Waals surface area contributed by atoms with Crippen LogP contribution in [0.3, 0.4) is 0 Å². The zero-order valence-electron chi connectivity index (χ0n) is 39.0. The molecular weight excluding hydrogens is 967 g/mol. The van der Waals surface area contributed by atoms with Crippen molar-refractivity contribution in [2.24, 2.45) is 16.6 Å². The smallest absolute Gasteiger partial charge is 0.355 e. The highest BCUT2D eigenvalue weighted by molar-refractivity contribution is 7.19. The molecule has 8 heterocycles. The Labute approximate surface area is 413 Å². The molecule has 2 amide bonds. The number of aromatic nitrogens is 4. The Hall–Kier alpha value is -5.77. The SMILES string of the molecule is Cc1nc(N2CC3(CCC(N)C3)C2)c2cc(CC(F)(F)F)sc2n1.Cc1nc(N2CC3(CCC(NCc4ccc5c(c4)NC(=O)C5)C3)C2)c2cc(CC(F)(F)F)sc2n1.O=Cc1ccc2c(c1)NC(=O)C2. The summed E-state index contributed by atoms with van der Waals surface area (Å²) in [7, 11) is 0. The van der Waals surface area contributed by atoms with E-state index in [1.54, 1.807) is 44.2 Å². The van der Waals surface area contributed by atoms with Crippen LogP contribution in [0.4, 0.5) is 49.4 Å². The highest BCUT2D eigenvalue weighted by Crippen LogP contribution is 2.50. The number of nitrogens with one attached hydrogen (secondary N) is 3. The number of carbonyl (C=O) groups excluding carboxylic acids is 3. The molecule has 2 spiro atoms. The lowest BCUT2D eigenvalue weighted by Gasteiger charge is -2.49. The van der Waals surface area contributed by atoms with Crippen LogP contribution in [0.2, 0.25) is 0 Å². The highest BCUT2D eigenvalue weighted by atomic mass is 32.1. The van der Waals surface area contributed by atoms with Gasteiger partial charge in [0.15, 0.2) is 0 Å². The third-order valence-corrected chi connectivity index (χ3v) is 16.3. The first-order valence-corrected chi connectivity index (χ1v) is 25.3. The monoisotopic (exact) mass is 1020 g/mol. The Morgan fingerprint density at radius 2 is 1.23 bits per heavy atom. The van der Waals surface area contributed by atoms with E-state index in [0.717, 1.165) is 151 Å². The molecule has 4 aromatic heterocycles. The van der Waals surface area contributed by atoms with E-state index in [2.05, 4.69) is 57.8 Å². The lowest BCUT2D eigenvalue weighted by atomic mass is 9.78. The van der Waals surface area contributed by atoms with Crippen molar-refractivity contribution >= 4 is 84.2 Å². The number of amides is 2. The number of hydrogen-bond acceptors (Lipinski definition) is 13. The Morgan fingerprint density at radius 3 is 1.73 bits per heavy atom. The number of carbonyl (C=O) groups is 3. The quantitative estimate of drug-likeness (QED) is 0.0847. The third kappa shape index (κ3) is 10.9. The number of anilines is 4. The zero-order chi connectivity index (χ0) is 50.0. The molecule has 6 aromatic rings. The van der Waals surface area contributed by atoms with Gasteiger partial charge in [0.25, 0.3) is 0 Å². The second-order valence-corrected chi connectivity index (χ2v) is 22.4. The van der Waals surface area contributed by atoms with Gasteiger partial charge in [-0.3, -0.25) is 14.4 Å². The predicted molar refractivity (Wildman–Crippen MR) is 262 cm³/mol. The summed E-state index contributed by atoms with van der Waals surface area (Å²) < 4.78 is 76.7. The van der Waals surface area contributed by atoms with Crippen LogP contribution in [0.15, 0.2) is 48.5 Å². The first-order valence-electron chi connectivity index (χ1n) is 23.6. The Morgan fingerprint density at radius 1 is 0.718 bits per heavy atom. The van der Waals surface area contributed by atoms with E-state index >= 15 is 0 Å². The van der Waals surface area contributed by atoms with Crippen LogP contribution in [0.5, 0.6) is 0 Å². The fourth-order valence-corrected chi connectivity index (χ4v) is 13.3. The topological polar surface area (TPSA) is 171 Å². The largest absolute Gasteiger partial charge is 0.393 e. The van der Waals surface area contributed by atoms with Gasteiger partial charge in [0, 0.05) is 82.3 Å². The summed E-state index contributed by atoms with van der Waals surface area (Å²) in [6, 6.07) is 15.3. The van der Waals surface area contributed by atoms with E-state index in [0.29, 0.717) is 45.8 Å². The molecule has 0 radical (unpaired) electrons. The van der Waals surface area contributed by atoms with Crippen molar-refractivity contribution in [2.45, 2.75) is 109 Å². The normalized spacial score (nSPS) is 20.5. The number of alkyl halides is 6. The molecule has 6 aliphatic rings. The number of aryl methyl sites for hydroxylation is 2. The Balaban J connectivity index is 0.000000139. The van der Waals surface area contributed by atoms with Crippen molar-refractivity contribution in [1.82, 2.24) is 25.3 Å². The molecule has 2 atom stereocenters. The second-order valence-electron chi connectivity index (χ2n) is 20.1. The van der Waals surface area contributed by atoms with Crippen molar-refractivity contribution < 1.29 is 40.7 Å². The van der Waals surface area contributed by atoms with Crippen molar-refractivity contribution in [3.05, 3.63) is 92.2 Å². The molecule has 4 fully saturated rings. The standard InChI is InChI=1S/C25H26F3N5OS.C16H19F3N4S.C9H7NO2/c1-14-30-22(19-8-18(10-25(26,27)28)35-23(19)31-14)33-12-24(13-33)5-4-17(9-24)29-11-15-2-3-16-7-21(34)32-20(16)6-15;1-9-21-13(23-7-15(8-23)3-2-10(20)5-15)12-4-11(6-16(17,18)19)24-14(12)22-9;11-5-6-1-2-7-4-9(12)10-8(7)3-6/h2-3,6,8,17,29H,4-5,7,9-13H2,1H3,(H,32,34);4,10H,2-3,5-8,20H2,1H3;1-3,5H,4H2,(H,10,12). The van der Waals surface area contributed by atoms with Crippen LogP contribution in [0.1, 0.15) is 87.0 Å². The molecule has 2 saturated carbocycles. The maximum atomic E-state index is 12.9. The van der Waals surface area contributed by atoms with E-state index in [1.807, 2.05) is 6.07 Å². The molecule has 2 aromatic carbocycles. The summed E-state index contributed by atoms with van der Waals surface area (Å²) in [5.41, 5.74) is 12.0. The van der Waals surface area contributed by atoms with Gasteiger partial charge in [-0.25, -0.2) is 19.9 Å². The van der Waals surface area contributed by atoms with Crippen LogP contribution in [0, 0.1) is 24.7 Å². The minimum atomic E-state index is -4.23. The van der Waals surface area contributed by atoms with E-state index in [9.17, 15) is 40.7 Å². The number of nitrogens with zero attached hydrogens (tertiary/aromatic N) is 6. The van der Waals surface area contributed by atoms with Gasteiger partial charge in [0.05, 0.1) is 36.5 Å². The van der Waals surface area contributed by atoms with Gasteiger partial charge in [-0.05, 0) is 93.3 Å². The fraction of sp³-hybridized carbons (Fsp3) is 0.460. The molecule has 13 nitrogen and oxygen atoms in total. The molecule has 71 heavy (non-hydrogen) atoms. The van der Waals surface area contributed by atoms with Crippen LogP contribution in [0.25, 0.3) is 20.4 Å². The van der Waals surface area contributed by atoms with Gasteiger partial charge in [-0.2, -0.15) is 26.3 Å². The summed E-state index contributed by atoms with van der Waals surface area (Å²) in [6.07, 6.45) is -2.13. The minimum absolute atomic E-state index is 0.00644. The van der Waals surface area contributed by atoms with Gasteiger partial charge in [-0.15, -0.1) is 22.7 Å². The maximum Gasteiger partial charge on any atom is 0.393 e. The lowest BCUT2D eigenvalue weighted by Crippen LogP contribution is -2.56. The summed E-state index contributed by atoms with van der Waals surface area (Å²) in [5.74, 6) is 2.76. The third-order valence-electron chi connectivity index (χ3n) is 14.3. The molecule has 12 rings (SSSR count). The first-order chi connectivity index (χ1) is 33.7. The van der Waals surface area contributed by atoms with Gasteiger partial charge in [0.1, 0.15) is 39.2 Å². The van der Waals surface area contributed by atoms with Gasteiger partial charge in [-0.1, -0.05) is 24.3 Å². The summed E-state index contributed by atoms with van der Waals surface area (Å²) >= 11 is 2.22. The molecule has 5 N–H and O–H groups in total. The second kappa shape index (κ2) is 18.7. The van der Waals surface area contributed by atoms with Gasteiger partial charge in [0.2, 0.25) is 11.8 Å². The molecule has 4 aliphatic heterocycles. The van der Waals surface area contributed by atoms with Crippen LogP contribution in [-0.4, -0.2) is 88.7 Å². The van der Waals surface area contributed by atoms with Crippen LogP contribution in [-0.2, 0) is 41.8 Å². The van der Waals surface area contributed by atoms with Crippen molar-refractivity contribution in [3.8, 4) is 0 Å². The van der Waals surface area contributed by atoms with Gasteiger partial charge < -0.3 is 31.5 Å². The number of nitrogens with two attached hydrogens (primary N) is 1. The van der Waals surface area contributed by atoms with E-state index in [1.165, 1.54) is 0 Å². The highest BCUT2D eigenvalue weighted by Gasteiger charge is 2.50. The summed E-state index contributed by atoms with van der Waals surface area (Å²) in [6.45, 7) is 7.84. The minimum Gasteiger partial charge on any atom is -0.355 e. The number of hydrogen-bond donors (Lipinski definition) is 4. The first kappa shape index (κ1) is 48.8. The average Bonchev–Trinajstić information content (AvgIpc) is 4.13. The fourth-order valence-electron chi connectivity index (χ4n) is 11.1. The number of halogens is 6. The van der Waals surface area contributed by atoms with Crippen LogP contribution >= 0.6 is 22.7 Å². The molecule has 2 saturated heterocycles. The van der Waals surface area contributed by atoms with E-state index in [-0.39, 0.29) is 38.4 Å². The molecule has 2 unspecified atom stereocenters. The molecule has 374 valence electrons. The average molecular weight is 1020 g/mol. The van der Waals surface area contributed by atoms with Gasteiger partial charge >= 0.3 is 12.4 Å². The number of aldehydes is 1. The number of benzene rings is 2. The Bertz CT molecular complexity index is 3050. The molecule has 2 aliphatic carbocycles. The molecule has 0 bridgehead atoms. The van der Waals surface area contributed by atoms with E-state index < -0.39 is 25.2 Å². The lowest BCUT2D eigenvalue weighted by molar-refractivity contribution is -0.127. The van der Waals surface area contributed by atoms with Crippen LogP contribution < -0.4 is 31.5 Å². The number of rotatable bonds is 8. The summed E-state index contributed by atoms with van der Waals surface area (Å²) in [4.78, 5) is 56.9. The molecule has 21 heteroatoms. The van der Waals surface area contributed by atoms with Crippen molar-refractivity contribution in [1.29, 1.82) is 0 Å². The number of thiophene rings is 2. The van der Waals surface area contributed by atoms with Crippen molar-refractivity contribution in [2.75, 3.05) is 46.6 Å². The predicted octanol–water partition coefficient (Wildman–Crippen LogP) is 9.16. The van der Waals surface area contributed by atoms with Crippen molar-refractivity contribution in [3.63, 3.8) is 0 Å². The summed E-state index contributed by atoms with van der Waals surface area (Å²) in [5, 5.41) is 10.7. The molecular formula is C50H52F6N10O3S2. The maximum absolute atomic E-state index is 12.9. The Kier molecular flexibility index (Phi) is 12.9. The van der Waals surface area contributed by atoms with E-state index in [4.69, 9.17) is 5.73 Å². The zero-order valence-corrected chi connectivity index (χ0v) is 40.7.